The molecular weight excluding hydrogens is 364 g/mol. The number of benzene rings is 3. The third-order valence-corrected chi connectivity index (χ3v) is 4.72. The van der Waals surface area contributed by atoms with Crippen LogP contribution in [-0.2, 0) is 0 Å². The first-order valence-corrected chi connectivity index (χ1v) is 9.21. The minimum absolute atomic E-state index is 0.0384. The zero-order valence-corrected chi connectivity index (χ0v) is 16.2. The van der Waals surface area contributed by atoms with E-state index in [1.165, 1.54) is 7.11 Å². The number of para-hydroxylation sites is 2. The van der Waals surface area contributed by atoms with Gasteiger partial charge in [0.15, 0.2) is 11.5 Å². The second-order valence-corrected chi connectivity index (χ2v) is 6.70. The van der Waals surface area contributed by atoms with Gasteiger partial charge in [-0.1, -0.05) is 36.4 Å². The molecule has 4 rings (SSSR count). The number of aromatic hydroxyl groups is 1. The van der Waals surface area contributed by atoms with E-state index in [1.807, 2.05) is 49.4 Å². The smallest absolute Gasteiger partial charge is 0.266 e. The third-order valence-electron chi connectivity index (χ3n) is 4.72. The average Bonchev–Trinajstić information content (AvgIpc) is 2.73. The number of aryl methyl sites for hydroxylation is 1. The van der Waals surface area contributed by atoms with E-state index in [0.717, 1.165) is 11.3 Å². The van der Waals surface area contributed by atoms with Crippen molar-refractivity contribution in [1.82, 2.24) is 9.55 Å². The van der Waals surface area contributed by atoms with Crippen LogP contribution < -0.4 is 10.3 Å². The summed E-state index contributed by atoms with van der Waals surface area (Å²) in [6, 6.07) is 20.2. The number of nitrogens with zero attached hydrogens (tertiary/aromatic N) is 2. The molecule has 0 unspecified atom stereocenters. The van der Waals surface area contributed by atoms with E-state index >= 15 is 0 Å². The summed E-state index contributed by atoms with van der Waals surface area (Å²) in [5.41, 5.74) is 2.83. The first-order chi connectivity index (χ1) is 14.1. The summed E-state index contributed by atoms with van der Waals surface area (Å²) >= 11 is 0. The summed E-state index contributed by atoms with van der Waals surface area (Å²) in [4.78, 5) is 18.0. The van der Waals surface area contributed by atoms with E-state index in [0.29, 0.717) is 28.0 Å². The van der Waals surface area contributed by atoms with Crippen LogP contribution >= 0.6 is 0 Å². The number of phenols is 1. The molecule has 0 atom stereocenters. The normalized spacial score (nSPS) is 11.2. The molecule has 0 spiro atoms. The summed E-state index contributed by atoms with van der Waals surface area (Å²) in [6.45, 7) is 1.98. The van der Waals surface area contributed by atoms with Crippen LogP contribution in [0.5, 0.6) is 11.5 Å². The Morgan fingerprint density at radius 3 is 2.59 bits per heavy atom. The second kappa shape index (κ2) is 7.64. The SMILES string of the molecule is COc1cccc(/C=C/c2nc3ccccc3c(=O)n2-c2cccc(C)c2)c1O. The number of aromatic nitrogens is 2. The highest BCUT2D eigenvalue weighted by Gasteiger charge is 2.12. The number of ether oxygens (including phenoxy) is 1. The molecule has 0 aliphatic rings. The summed E-state index contributed by atoms with van der Waals surface area (Å²) < 4.78 is 6.75. The summed E-state index contributed by atoms with van der Waals surface area (Å²) in [6.07, 6.45) is 3.45. The molecule has 5 heteroatoms. The lowest BCUT2D eigenvalue weighted by Gasteiger charge is -2.12. The van der Waals surface area contributed by atoms with Gasteiger partial charge in [-0.3, -0.25) is 9.36 Å². The molecule has 0 aliphatic carbocycles. The number of rotatable bonds is 4. The summed E-state index contributed by atoms with van der Waals surface area (Å²) in [5, 5.41) is 10.9. The Hall–Kier alpha value is -3.86. The van der Waals surface area contributed by atoms with Gasteiger partial charge in [-0.15, -0.1) is 0 Å². The Morgan fingerprint density at radius 1 is 1.00 bits per heavy atom. The van der Waals surface area contributed by atoms with E-state index in [-0.39, 0.29) is 11.3 Å². The molecule has 0 radical (unpaired) electrons. The van der Waals surface area contributed by atoms with Crippen molar-refractivity contribution >= 4 is 23.1 Å². The zero-order chi connectivity index (χ0) is 20.4. The molecule has 3 aromatic carbocycles. The van der Waals surface area contributed by atoms with Crippen molar-refractivity contribution in [3.8, 4) is 17.2 Å². The maximum absolute atomic E-state index is 13.3. The van der Waals surface area contributed by atoms with Crippen molar-refractivity contribution in [3.05, 3.63) is 94.0 Å². The van der Waals surface area contributed by atoms with Crippen LogP contribution in [0.15, 0.2) is 71.5 Å². The molecule has 0 amide bonds. The van der Waals surface area contributed by atoms with E-state index in [1.54, 1.807) is 41.0 Å². The number of methoxy groups -OCH3 is 1. The van der Waals surface area contributed by atoms with Gasteiger partial charge in [0.25, 0.3) is 5.56 Å². The molecule has 0 saturated heterocycles. The standard InChI is InChI=1S/C24H20N2O3/c1-16-7-5-9-18(15-16)26-22(25-20-11-4-3-10-19(20)24(26)28)14-13-17-8-6-12-21(29-2)23(17)27/h3-15,27H,1-2H3/b14-13+. The number of hydrogen-bond acceptors (Lipinski definition) is 4. The fourth-order valence-electron chi connectivity index (χ4n) is 3.28. The Kier molecular flexibility index (Phi) is 4.87. The maximum atomic E-state index is 13.3. The molecule has 4 aromatic rings. The highest BCUT2D eigenvalue weighted by atomic mass is 16.5. The van der Waals surface area contributed by atoms with Gasteiger partial charge in [0.2, 0.25) is 0 Å². The number of hydrogen-bond donors (Lipinski definition) is 1. The molecule has 0 fully saturated rings. The predicted octanol–water partition coefficient (Wildman–Crippen LogP) is 4.58. The molecule has 1 N–H and O–H groups in total. The van der Waals surface area contributed by atoms with Gasteiger partial charge in [-0.2, -0.15) is 0 Å². The fourth-order valence-corrected chi connectivity index (χ4v) is 3.28. The summed E-state index contributed by atoms with van der Waals surface area (Å²) in [7, 11) is 1.50. The van der Waals surface area contributed by atoms with Crippen LogP contribution in [0.25, 0.3) is 28.7 Å². The van der Waals surface area contributed by atoms with Crippen molar-refractivity contribution in [2.75, 3.05) is 7.11 Å². The number of fused-ring (bicyclic) bond motifs is 1. The lowest BCUT2D eigenvalue weighted by Crippen LogP contribution is -2.22. The van der Waals surface area contributed by atoms with Gasteiger partial charge < -0.3 is 9.84 Å². The molecule has 144 valence electrons. The zero-order valence-electron chi connectivity index (χ0n) is 16.2. The van der Waals surface area contributed by atoms with Crippen molar-refractivity contribution in [3.63, 3.8) is 0 Å². The summed E-state index contributed by atoms with van der Waals surface area (Å²) in [5.74, 6) is 0.896. The minimum Gasteiger partial charge on any atom is -0.504 e. The quantitative estimate of drug-likeness (QED) is 0.559. The maximum Gasteiger partial charge on any atom is 0.266 e. The predicted molar refractivity (Wildman–Crippen MR) is 116 cm³/mol. The van der Waals surface area contributed by atoms with E-state index in [4.69, 9.17) is 9.72 Å². The van der Waals surface area contributed by atoms with Crippen molar-refractivity contribution < 1.29 is 9.84 Å². The van der Waals surface area contributed by atoms with Crippen LogP contribution in [-0.4, -0.2) is 21.8 Å². The molecule has 1 heterocycles. The van der Waals surface area contributed by atoms with Gasteiger partial charge in [-0.05, 0) is 55.0 Å². The monoisotopic (exact) mass is 384 g/mol. The highest BCUT2D eigenvalue weighted by Crippen LogP contribution is 2.30. The van der Waals surface area contributed by atoms with E-state index < -0.39 is 0 Å². The average molecular weight is 384 g/mol. The lowest BCUT2D eigenvalue weighted by atomic mass is 10.1. The lowest BCUT2D eigenvalue weighted by molar-refractivity contribution is 0.373. The molecule has 0 saturated carbocycles. The first kappa shape index (κ1) is 18.5. The Balaban J connectivity index is 1.94. The van der Waals surface area contributed by atoms with Gasteiger partial charge in [-0.25, -0.2) is 4.98 Å². The second-order valence-electron chi connectivity index (χ2n) is 6.70. The Morgan fingerprint density at radius 2 is 1.79 bits per heavy atom. The Labute approximate surface area is 168 Å². The van der Waals surface area contributed by atoms with Gasteiger partial charge in [0, 0.05) is 5.56 Å². The Bertz CT molecular complexity index is 1290. The fraction of sp³-hybridized carbons (Fsp3) is 0.0833. The minimum atomic E-state index is -0.143. The van der Waals surface area contributed by atoms with Crippen LogP contribution in [0.3, 0.4) is 0 Å². The third kappa shape index (κ3) is 3.50. The first-order valence-electron chi connectivity index (χ1n) is 9.21. The van der Waals surface area contributed by atoms with E-state index in [9.17, 15) is 9.90 Å². The largest absolute Gasteiger partial charge is 0.504 e. The highest BCUT2D eigenvalue weighted by molar-refractivity contribution is 5.80. The van der Waals surface area contributed by atoms with Crippen molar-refractivity contribution in [1.29, 1.82) is 0 Å². The van der Waals surface area contributed by atoms with Crippen LogP contribution in [0.1, 0.15) is 17.0 Å². The molecular formula is C24H20N2O3. The molecule has 5 nitrogen and oxygen atoms in total. The molecule has 0 bridgehead atoms. The van der Waals surface area contributed by atoms with Crippen LogP contribution in [0.2, 0.25) is 0 Å². The van der Waals surface area contributed by atoms with Gasteiger partial charge in [0.1, 0.15) is 5.82 Å². The number of phenolic OH excluding ortho intramolecular Hbond substituents is 1. The van der Waals surface area contributed by atoms with Gasteiger partial charge >= 0.3 is 0 Å². The van der Waals surface area contributed by atoms with Gasteiger partial charge in [0.05, 0.1) is 23.7 Å². The van der Waals surface area contributed by atoms with E-state index in [2.05, 4.69) is 0 Å². The topological polar surface area (TPSA) is 64.3 Å². The van der Waals surface area contributed by atoms with Crippen LogP contribution in [0, 0.1) is 6.92 Å². The molecule has 0 aliphatic heterocycles. The molecule has 1 aromatic heterocycles. The molecule has 29 heavy (non-hydrogen) atoms. The van der Waals surface area contributed by atoms with Crippen molar-refractivity contribution in [2.45, 2.75) is 6.92 Å². The van der Waals surface area contributed by atoms with Crippen molar-refractivity contribution in [2.24, 2.45) is 0 Å². The van der Waals surface area contributed by atoms with Crippen LogP contribution in [0.4, 0.5) is 0 Å².